The van der Waals surface area contributed by atoms with Crippen LogP contribution in [0.5, 0.6) is 11.5 Å². The van der Waals surface area contributed by atoms with Crippen molar-refractivity contribution in [3.05, 3.63) is 18.2 Å². The van der Waals surface area contributed by atoms with Gasteiger partial charge in [-0.1, -0.05) is 6.92 Å². The molecule has 0 bridgehead atoms. The number of rotatable bonds is 8. The number of likely N-dealkylation sites (N-methyl/N-ethyl adjacent to an activating group) is 1. The molecule has 5 nitrogen and oxygen atoms in total. The Hall–Kier alpha value is -1.40. The second kappa shape index (κ2) is 8.90. The molecule has 2 N–H and O–H groups in total. The molecule has 122 valence electrons. The summed E-state index contributed by atoms with van der Waals surface area (Å²) in [6, 6.07) is 6.21. The third-order valence-corrected chi connectivity index (χ3v) is 4.27. The van der Waals surface area contributed by atoms with Gasteiger partial charge in [0.25, 0.3) is 0 Å². The van der Waals surface area contributed by atoms with Gasteiger partial charge >= 0.3 is 0 Å². The van der Waals surface area contributed by atoms with Crippen LogP contribution >= 0.6 is 11.8 Å². The average Bonchev–Trinajstić information content (AvgIpc) is 2.53. The summed E-state index contributed by atoms with van der Waals surface area (Å²) in [6.07, 6.45) is 0.512. The number of carbonyl (C=O) groups is 1. The Balaban J connectivity index is 1.69. The molecule has 2 rings (SSSR count). The van der Waals surface area contributed by atoms with Crippen molar-refractivity contribution in [2.24, 2.45) is 0 Å². The maximum absolute atomic E-state index is 11.8. The zero-order valence-corrected chi connectivity index (χ0v) is 14.0. The number of carbonyl (C=O) groups excluding carboxylic acids is 1. The lowest BCUT2D eigenvalue weighted by Crippen LogP contribution is -2.38. The van der Waals surface area contributed by atoms with Crippen molar-refractivity contribution in [3.8, 4) is 11.5 Å². The van der Waals surface area contributed by atoms with Gasteiger partial charge in [0.2, 0.25) is 5.91 Å². The van der Waals surface area contributed by atoms with Gasteiger partial charge in [0.05, 0.1) is 0 Å². The lowest BCUT2D eigenvalue weighted by Gasteiger charge is -2.18. The number of benzene rings is 1. The van der Waals surface area contributed by atoms with Gasteiger partial charge in [0.15, 0.2) is 11.5 Å². The van der Waals surface area contributed by atoms with E-state index in [9.17, 15) is 4.79 Å². The first kappa shape index (κ1) is 17.0. The smallest absolute Gasteiger partial charge is 0.220 e. The van der Waals surface area contributed by atoms with Crippen molar-refractivity contribution in [2.75, 3.05) is 32.1 Å². The molecule has 0 aliphatic carbocycles. The van der Waals surface area contributed by atoms with Crippen LogP contribution in [0.1, 0.15) is 20.3 Å². The summed E-state index contributed by atoms with van der Waals surface area (Å²) >= 11 is 1.65. The summed E-state index contributed by atoms with van der Waals surface area (Å²) in [5.74, 6) is 2.43. The molecule has 0 fully saturated rings. The highest BCUT2D eigenvalue weighted by Crippen LogP contribution is 2.34. The van der Waals surface area contributed by atoms with Crippen LogP contribution in [-0.2, 0) is 4.79 Å². The molecule has 0 unspecified atom stereocenters. The lowest BCUT2D eigenvalue weighted by molar-refractivity contribution is -0.120. The molecule has 0 saturated heterocycles. The van der Waals surface area contributed by atoms with Gasteiger partial charge in [-0.15, -0.1) is 11.8 Å². The van der Waals surface area contributed by atoms with Gasteiger partial charge in [-0.25, -0.2) is 0 Å². The molecule has 1 aromatic carbocycles. The Morgan fingerprint density at radius 3 is 2.86 bits per heavy atom. The molecule has 6 heteroatoms. The molecule has 1 aliphatic heterocycles. The summed E-state index contributed by atoms with van der Waals surface area (Å²) in [5, 5.41) is 6.21. The largest absolute Gasteiger partial charge is 0.486 e. The van der Waals surface area contributed by atoms with Gasteiger partial charge in [-0.3, -0.25) is 4.79 Å². The van der Waals surface area contributed by atoms with E-state index < -0.39 is 0 Å². The van der Waals surface area contributed by atoms with E-state index in [2.05, 4.69) is 24.5 Å². The van der Waals surface area contributed by atoms with E-state index in [1.807, 2.05) is 18.2 Å². The molecule has 1 aliphatic rings. The first-order valence-electron chi connectivity index (χ1n) is 7.71. The fourth-order valence-electron chi connectivity index (χ4n) is 2.15. The van der Waals surface area contributed by atoms with E-state index >= 15 is 0 Å². The van der Waals surface area contributed by atoms with Gasteiger partial charge < -0.3 is 20.1 Å². The van der Waals surface area contributed by atoms with E-state index in [0.717, 1.165) is 28.7 Å². The standard InChI is InChI=1S/C16H24N2O3S/c1-3-17-12(2)11-18-16(19)6-9-22-13-4-5-14-15(10-13)21-8-7-20-14/h4-5,10,12,17H,3,6-9,11H2,1-2H3,(H,18,19)/t12-/m1/s1. The van der Waals surface area contributed by atoms with Crippen LogP contribution in [0.2, 0.25) is 0 Å². The second-order valence-corrected chi connectivity index (χ2v) is 6.34. The van der Waals surface area contributed by atoms with Crippen LogP contribution in [0.25, 0.3) is 0 Å². The van der Waals surface area contributed by atoms with Crippen LogP contribution < -0.4 is 20.1 Å². The normalized spacial score (nSPS) is 14.5. The third-order valence-electron chi connectivity index (χ3n) is 3.27. The van der Waals surface area contributed by atoms with Crippen molar-refractivity contribution in [2.45, 2.75) is 31.2 Å². The highest BCUT2D eigenvalue weighted by molar-refractivity contribution is 7.99. The Labute approximate surface area is 136 Å². The third kappa shape index (κ3) is 5.42. The van der Waals surface area contributed by atoms with Crippen molar-refractivity contribution < 1.29 is 14.3 Å². The Morgan fingerprint density at radius 1 is 1.32 bits per heavy atom. The monoisotopic (exact) mass is 324 g/mol. The summed E-state index contributed by atoms with van der Waals surface area (Å²) in [6.45, 7) is 6.90. The molecule has 22 heavy (non-hydrogen) atoms. The van der Waals surface area contributed by atoms with Crippen LogP contribution in [0.4, 0.5) is 0 Å². The molecule has 1 amide bonds. The van der Waals surface area contributed by atoms with Crippen molar-refractivity contribution in [3.63, 3.8) is 0 Å². The molecule has 0 saturated carbocycles. The summed E-state index contributed by atoms with van der Waals surface area (Å²) in [5.41, 5.74) is 0. The molecule has 0 spiro atoms. The number of fused-ring (bicyclic) bond motifs is 1. The zero-order valence-electron chi connectivity index (χ0n) is 13.2. The molecule has 1 heterocycles. The van der Waals surface area contributed by atoms with E-state index in [1.165, 1.54) is 0 Å². The lowest BCUT2D eigenvalue weighted by atomic mass is 10.3. The summed E-state index contributed by atoms with van der Waals surface area (Å²) in [4.78, 5) is 12.9. The number of hydrogen-bond acceptors (Lipinski definition) is 5. The first-order valence-corrected chi connectivity index (χ1v) is 8.70. The first-order chi connectivity index (χ1) is 10.7. The van der Waals surface area contributed by atoms with Gasteiger partial charge in [0.1, 0.15) is 13.2 Å². The van der Waals surface area contributed by atoms with E-state index in [1.54, 1.807) is 11.8 Å². The SMILES string of the molecule is CCN[C@H](C)CNC(=O)CCSc1ccc2c(c1)OCCO2. The van der Waals surface area contributed by atoms with Gasteiger partial charge in [0, 0.05) is 29.7 Å². The van der Waals surface area contributed by atoms with E-state index in [-0.39, 0.29) is 5.91 Å². The number of hydrogen-bond donors (Lipinski definition) is 2. The van der Waals surface area contributed by atoms with Crippen LogP contribution in [0.3, 0.4) is 0 Å². The van der Waals surface area contributed by atoms with Crippen LogP contribution in [-0.4, -0.2) is 44.0 Å². The van der Waals surface area contributed by atoms with Crippen molar-refractivity contribution >= 4 is 17.7 Å². The Bertz CT molecular complexity index is 496. The number of amides is 1. The van der Waals surface area contributed by atoms with Crippen LogP contribution in [0.15, 0.2) is 23.1 Å². The van der Waals surface area contributed by atoms with Crippen LogP contribution in [0, 0.1) is 0 Å². The number of ether oxygens (including phenoxy) is 2. The van der Waals surface area contributed by atoms with Gasteiger partial charge in [-0.05, 0) is 31.7 Å². The Kier molecular flexibility index (Phi) is 6.86. The Morgan fingerprint density at radius 2 is 2.09 bits per heavy atom. The van der Waals surface area contributed by atoms with Crippen molar-refractivity contribution in [1.82, 2.24) is 10.6 Å². The predicted molar refractivity (Wildman–Crippen MR) is 88.9 cm³/mol. The molecule has 1 atom stereocenters. The summed E-state index contributed by atoms with van der Waals surface area (Å²) < 4.78 is 11.0. The molecular formula is C16H24N2O3S. The molecular weight excluding hydrogens is 300 g/mol. The number of nitrogens with one attached hydrogen (secondary N) is 2. The second-order valence-electron chi connectivity index (χ2n) is 5.17. The predicted octanol–water partition coefficient (Wildman–Crippen LogP) is 2.05. The highest BCUT2D eigenvalue weighted by Gasteiger charge is 2.12. The number of thioether (sulfide) groups is 1. The average molecular weight is 324 g/mol. The molecule has 0 radical (unpaired) electrons. The maximum Gasteiger partial charge on any atom is 0.220 e. The summed E-state index contributed by atoms with van der Waals surface area (Å²) in [7, 11) is 0. The van der Waals surface area contributed by atoms with E-state index in [4.69, 9.17) is 9.47 Å². The fraction of sp³-hybridized carbons (Fsp3) is 0.562. The highest BCUT2D eigenvalue weighted by atomic mass is 32.2. The fourth-order valence-corrected chi connectivity index (χ4v) is 3.03. The quantitative estimate of drug-likeness (QED) is 0.717. The maximum atomic E-state index is 11.8. The zero-order chi connectivity index (χ0) is 15.8. The minimum atomic E-state index is 0.0924. The molecule has 1 aromatic rings. The minimum absolute atomic E-state index is 0.0924. The van der Waals surface area contributed by atoms with E-state index in [0.29, 0.717) is 32.2 Å². The molecule has 0 aromatic heterocycles. The topological polar surface area (TPSA) is 59.6 Å². The minimum Gasteiger partial charge on any atom is -0.486 e. The van der Waals surface area contributed by atoms with Crippen molar-refractivity contribution in [1.29, 1.82) is 0 Å². The van der Waals surface area contributed by atoms with Gasteiger partial charge in [-0.2, -0.15) is 0 Å².